The molecular formula is C14H17BrN2O3. The number of hydrogen-bond donors (Lipinski definition) is 2. The van der Waals surface area contributed by atoms with E-state index in [-0.39, 0.29) is 12.0 Å². The minimum atomic E-state index is -0.977. The van der Waals surface area contributed by atoms with Gasteiger partial charge in [0.2, 0.25) is 11.8 Å². The Kier molecular flexibility index (Phi) is 4.32. The Bertz CT molecular complexity index is 529. The molecule has 0 heterocycles. The smallest absolute Gasteiger partial charge is 0.235 e. The van der Waals surface area contributed by atoms with Crippen molar-refractivity contribution < 1.29 is 14.3 Å². The lowest BCUT2D eigenvalue weighted by Gasteiger charge is -2.17. The molecule has 2 amide bonds. The number of halogens is 1. The summed E-state index contributed by atoms with van der Waals surface area (Å²) in [5, 5.41) is 2.72. The van der Waals surface area contributed by atoms with Crippen LogP contribution in [0.1, 0.15) is 19.8 Å². The predicted molar refractivity (Wildman–Crippen MR) is 78.1 cm³/mol. The van der Waals surface area contributed by atoms with E-state index in [4.69, 9.17) is 10.5 Å². The van der Waals surface area contributed by atoms with Gasteiger partial charge in [-0.25, -0.2) is 0 Å². The molecule has 1 saturated carbocycles. The van der Waals surface area contributed by atoms with E-state index in [1.165, 1.54) is 0 Å². The van der Waals surface area contributed by atoms with E-state index in [9.17, 15) is 9.59 Å². The zero-order valence-electron chi connectivity index (χ0n) is 11.2. The molecule has 1 aliphatic rings. The van der Waals surface area contributed by atoms with Gasteiger partial charge >= 0.3 is 0 Å². The molecule has 5 nitrogen and oxygen atoms in total. The first-order chi connectivity index (χ1) is 9.44. The number of hydrogen-bond acceptors (Lipinski definition) is 3. The van der Waals surface area contributed by atoms with Crippen molar-refractivity contribution in [2.24, 2.45) is 11.1 Å². The van der Waals surface area contributed by atoms with Gasteiger partial charge < -0.3 is 15.8 Å². The number of nitrogens with two attached hydrogens (primary N) is 1. The molecule has 0 aromatic heterocycles. The zero-order valence-corrected chi connectivity index (χ0v) is 12.8. The topological polar surface area (TPSA) is 81.4 Å². The quantitative estimate of drug-likeness (QED) is 0.771. The Morgan fingerprint density at radius 1 is 1.50 bits per heavy atom. The second-order valence-electron chi connectivity index (χ2n) is 5.04. The highest BCUT2D eigenvalue weighted by Crippen LogP contribution is 2.45. The molecule has 0 spiro atoms. The summed E-state index contributed by atoms with van der Waals surface area (Å²) in [4.78, 5) is 23.1. The van der Waals surface area contributed by atoms with Crippen LogP contribution < -0.4 is 15.8 Å². The summed E-state index contributed by atoms with van der Waals surface area (Å²) in [5.74, 6) is -0.123. The van der Waals surface area contributed by atoms with E-state index in [2.05, 4.69) is 21.2 Å². The molecule has 2 rings (SSSR count). The van der Waals surface area contributed by atoms with Crippen molar-refractivity contribution in [1.82, 2.24) is 5.32 Å². The van der Waals surface area contributed by atoms with Gasteiger partial charge in [0.05, 0.1) is 6.54 Å². The third-order valence-corrected chi connectivity index (χ3v) is 3.83. The molecule has 1 aromatic carbocycles. The maximum Gasteiger partial charge on any atom is 0.235 e. The third-order valence-electron chi connectivity index (χ3n) is 3.34. The van der Waals surface area contributed by atoms with Gasteiger partial charge in [-0.2, -0.15) is 0 Å². The molecule has 0 saturated heterocycles. The molecular weight excluding hydrogens is 324 g/mol. The van der Waals surface area contributed by atoms with Crippen LogP contribution in [-0.2, 0) is 9.59 Å². The Morgan fingerprint density at radius 3 is 2.75 bits per heavy atom. The van der Waals surface area contributed by atoms with E-state index >= 15 is 0 Å². The van der Waals surface area contributed by atoms with Crippen LogP contribution in [0.15, 0.2) is 28.7 Å². The number of rotatable bonds is 6. The molecule has 6 heteroatoms. The van der Waals surface area contributed by atoms with Crippen molar-refractivity contribution in [3.05, 3.63) is 28.7 Å². The van der Waals surface area contributed by atoms with Crippen molar-refractivity contribution in [1.29, 1.82) is 0 Å². The van der Waals surface area contributed by atoms with Crippen LogP contribution in [0.2, 0.25) is 0 Å². The molecule has 0 bridgehead atoms. The first kappa shape index (κ1) is 14.8. The normalized spacial score (nSPS) is 17.1. The van der Waals surface area contributed by atoms with Crippen LogP contribution in [0.25, 0.3) is 0 Å². The minimum absolute atomic E-state index is 0.197. The number of nitrogens with one attached hydrogen (secondary N) is 1. The fourth-order valence-corrected chi connectivity index (χ4v) is 2.31. The van der Waals surface area contributed by atoms with Crippen LogP contribution in [0.5, 0.6) is 5.75 Å². The summed E-state index contributed by atoms with van der Waals surface area (Å²) in [6, 6.07) is 7.47. The molecule has 1 aromatic rings. The van der Waals surface area contributed by atoms with Gasteiger partial charge in [0.15, 0.2) is 0 Å². The lowest BCUT2D eigenvalue weighted by atomic mass is 10.1. The fraction of sp³-hybridized carbons (Fsp3) is 0.429. The van der Waals surface area contributed by atoms with Gasteiger partial charge in [-0.3, -0.25) is 9.59 Å². The Balaban J connectivity index is 1.82. The zero-order chi connectivity index (χ0) is 14.8. The number of carbonyl (C=O) groups excluding carboxylic acids is 2. The van der Waals surface area contributed by atoms with Gasteiger partial charge in [0.1, 0.15) is 17.3 Å². The highest BCUT2D eigenvalue weighted by atomic mass is 79.9. The maximum absolute atomic E-state index is 11.9. The number of carbonyl (C=O) groups is 2. The first-order valence-electron chi connectivity index (χ1n) is 6.44. The predicted octanol–water partition coefficient (Wildman–Crippen LogP) is 1.60. The third kappa shape index (κ3) is 3.30. The molecule has 1 fully saturated rings. The summed E-state index contributed by atoms with van der Waals surface area (Å²) in [7, 11) is 0. The van der Waals surface area contributed by atoms with Gasteiger partial charge in [-0.15, -0.1) is 0 Å². The largest absolute Gasteiger partial charge is 0.489 e. The van der Waals surface area contributed by atoms with Gasteiger partial charge in [-0.1, -0.05) is 22.0 Å². The number of amides is 2. The molecule has 0 aliphatic heterocycles. The SMILES string of the molecule is CC(CNC(=O)C1(C(N)=O)CC1)Oc1cccc(Br)c1. The number of ether oxygens (including phenoxy) is 1. The molecule has 0 radical (unpaired) electrons. The lowest BCUT2D eigenvalue weighted by molar-refractivity contribution is -0.135. The van der Waals surface area contributed by atoms with Crippen LogP contribution in [-0.4, -0.2) is 24.5 Å². The van der Waals surface area contributed by atoms with Crippen molar-refractivity contribution in [2.75, 3.05) is 6.54 Å². The summed E-state index contributed by atoms with van der Waals surface area (Å²) >= 11 is 3.36. The summed E-state index contributed by atoms with van der Waals surface area (Å²) in [6.45, 7) is 2.19. The van der Waals surface area contributed by atoms with Crippen molar-refractivity contribution in [3.63, 3.8) is 0 Å². The first-order valence-corrected chi connectivity index (χ1v) is 7.24. The average Bonchev–Trinajstić information content (AvgIpc) is 3.17. The second kappa shape index (κ2) is 5.83. The summed E-state index contributed by atoms with van der Waals surface area (Å²) < 4.78 is 6.61. The molecule has 1 atom stereocenters. The summed E-state index contributed by atoms with van der Waals surface area (Å²) in [5.41, 5.74) is 4.27. The van der Waals surface area contributed by atoms with E-state index in [1.807, 2.05) is 31.2 Å². The Labute approximate surface area is 126 Å². The van der Waals surface area contributed by atoms with E-state index in [0.29, 0.717) is 19.4 Å². The molecule has 3 N–H and O–H groups in total. The molecule has 20 heavy (non-hydrogen) atoms. The highest BCUT2D eigenvalue weighted by molar-refractivity contribution is 9.10. The van der Waals surface area contributed by atoms with Crippen molar-refractivity contribution in [3.8, 4) is 5.75 Å². The highest BCUT2D eigenvalue weighted by Gasteiger charge is 2.55. The number of benzene rings is 1. The van der Waals surface area contributed by atoms with Crippen molar-refractivity contribution >= 4 is 27.7 Å². The van der Waals surface area contributed by atoms with E-state index in [0.717, 1.165) is 10.2 Å². The van der Waals surface area contributed by atoms with Gasteiger partial charge in [0, 0.05) is 4.47 Å². The maximum atomic E-state index is 11.9. The Hall–Kier alpha value is -1.56. The van der Waals surface area contributed by atoms with Gasteiger partial charge in [0.25, 0.3) is 0 Å². The standard InChI is InChI=1S/C14H17BrN2O3/c1-9(20-11-4-2-3-10(15)7-11)8-17-13(19)14(5-6-14)12(16)18/h2-4,7,9H,5-6,8H2,1H3,(H2,16,18)(H,17,19). The monoisotopic (exact) mass is 340 g/mol. The Morgan fingerprint density at radius 2 is 2.20 bits per heavy atom. The van der Waals surface area contributed by atoms with Crippen LogP contribution in [0, 0.1) is 5.41 Å². The van der Waals surface area contributed by atoms with Crippen LogP contribution >= 0.6 is 15.9 Å². The van der Waals surface area contributed by atoms with Crippen molar-refractivity contribution in [2.45, 2.75) is 25.9 Å². The molecule has 1 aliphatic carbocycles. The molecule has 108 valence electrons. The number of primary amides is 1. The fourth-order valence-electron chi connectivity index (χ4n) is 1.93. The van der Waals surface area contributed by atoms with Crippen LogP contribution in [0.3, 0.4) is 0 Å². The second-order valence-corrected chi connectivity index (χ2v) is 5.96. The van der Waals surface area contributed by atoms with E-state index < -0.39 is 11.3 Å². The summed E-state index contributed by atoms with van der Waals surface area (Å²) in [6.07, 6.45) is 0.876. The van der Waals surface area contributed by atoms with Gasteiger partial charge in [-0.05, 0) is 38.0 Å². The van der Waals surface area contributed by atoms with Crippen LogP contribution in [0.4, 0.5) is 0 Å². The lowest BCUT2D eigenvalue weighted by Crippen LogP contribution is -2.43. The minimum Gasteiger partial charge on any atom is -0.489 e. The average molecular weight is 341 g/mol. The van der Waals surface area contributed by atoms with E-state index in [1.54, 1.807) is 0 Å². The molecule has 1 unspecified atom stereocenters.